The summed E-state index contributed by atoms with van der Waals surface area (Å²) in [6.45, 7) is 7.21. The predicted octanol–water partition coefficient (Wildman–Crippen LogP) is 5.05. The van der Waals surface area contributed by atoms with Crippen LogP contribution in [-0.2, 0) is 6.42 Å². The lowest BCUT2D eigenvalue weighted by Crippen LogP contribution is -2.39. The summed E-state index contributed by atoms with van der Waals surface area (Å²) in [4.78, 5) is 2.62. The Labute approximate surface area is 126 Å². The van der Waals surface area contributed by atoms with Gasteiger partial charge in [0.1, 0.15) is 0 Å². The van der Waals surface area contributed by atoms with E-state index < -0.39 is 0 Å². The molecule has 1 aromatic rings. The summed E-state index contributed by atoms with van der Waals surface area (Å²) >= 11 is 12.0. The molecule has 1 unspecified atom stereocenters. The molecule has 0 spiro atoms. The largest absolute Gasteiger partial charge is 0.301 e. The third-order valence-electron chi connectivity index (χ3n) is 4.28. The van der Waals surface area contributed by atoms with Crippen molar-refractivity contribution >= 4 is 23.2 Å². The van der Waals surface area contributed by atoms with Gasteiger partial charge in [-0.2, -0.15) is 0 Å². The molecule has 0 amide bonds. The van der Waals surface area contributed by atoms with Crippen LogP contribution in [0.2, 0.25) is 10.0 Å². The maximum absolute atomic E-state index is 6.05. The second-order valence-corrected chi connectivity index (χ2v) is 6.67. The van der Waals surface area contributed by atoms with Crippen molar-refractivity contribution in [2.45, 2.75) is 45.6 Å². The first-order chi connectivity index (χ1) is 9.06. The van der Waals surface area contributed by atoms with Gasteiger partial charge in [0.15, 0.2) is 0 Å². The van der Waals surface area contributed by atoms with Crippen LogP contribution in [0.1, 0.15) is 38.7 Å². The molecular formula is C16H23Cl2N. The van der Waals surface area contributed by atoms with E-state index in [1.807, 2.05) is 12.1 Å². The molecule has 1 heterocycles. The van der Waals surface area contributed by atoms with Crippen LogP contribution in [-0.4, -0.2) is 24.0 Å². The number of benzene rings is 1. The topological polar surface area (TPSA) is 3.24 Å². The minimum Gasteiger partial charge on any atom is -0.301 e. The van der Waals surface area contributed by atoms with Gasteiger partial charge in [-0.25, -0.2) is 0 Å². The van der Waals surface area contributed by atoms with Crippen molar-refractivity contribution in [1.82, 2.24) is 4.90 Å². The normalized spacial score (nSPS) is 19.6. The van der Waals surface area contributed by atoms with Crippen LogP contribution in [0.5, 0.6) is 0 Å². The van der Waals surface area contributed by atoms with Gasteiger partial charge in [-0.3, -0.25) is 0 Å². The molecule has 3 heteroatoms. The summed E-state index contributed by atoms with van der Waals surface area (Å²) in [6.07, 6.45) is 4.95. The fourth-order valence-electron chi connectivity index (χ4n) is 2.72. The van der Waals surface area contributed by atoms with Gasteiger partial charge >= 0.3 is 0 Å². The van der Waals surface area contributed by atoms with E-state index >= 15 is 0 Å². The zero-order valence-electron chi connectivity index (χ0n) is 11.8. The molecule has 1 aliphatic heterocycles. The minimum atomic E-state index is 0.642. The molecule has 1 saturated heterocycles. The Bertz CT molecular complexity index is 411. The number of hydrogen-bond donors (Lipinski definition) is 0. The number of aryl methyl sites for hydroxylation is 1. The average molecular weight is 300 g/mol. The summed E-state index contributed by atoms with van der Waals surface area (Å²) in [5.74, 6) is 0.901. The zero-order chi connectivity index (χ0) is 13.8. The number of likely N-dealkylation sites (tertiary alicyclic amines) is 1. The molecule has 1 aliphatic rings. The van der Waals surface area contributed by atoms with Gasteiger partial charge in [0, 0.05) is 6.04 Å². The lowest BCUT2D eigenvalue weighted by Gasteiger charge is -2.35. The van der Waals surface area contributed by atoms with E-state index in [9.17, 15) is 0 Å². The summed E-state index contributed by atoms with van der Waals surface area (Å²) in [7, 11) is 0. The number of hydrogen-bond acceptors (Lipinski definition) is 1. The maximum atomic E-state index is 6.05. The van der Waals surface area contributed by atoms with Gasteiger partial charge in [-0.05, 0) is 69.3 Å². The van der Waals surface area contributed by atoms with Gasteiger partial charge in [0.25, 0.3) is 0 Å². The van der Waals surface area contributed by atoms with Gasteiger partial charge in [0.05, 0.1) is 10.0 Å². The monoisotopic (exact) mass is 299 g/mol. The van der Waals surface area contributed by atoms with E-state index in [1.165, 1.54) is 37.9 Å². The van der Waals surface area contributed by atoms with Crippen molar-refractivity contribution < 1.29 is 0 Å². The molecule has 1 nitrogen and oxygen atoms in total. The molecular weight excluding hydrogens is 277 g/mol. The lowest BCUT2D eigenvalue weighted by molar-refractivity contribution is 0.141. The number of halogens is 2. The Morgan fingerprint density at radius 2 is 1.89 bits per heavy atom. The van der Waals surface area contributed by atoms with Gasteiger partial charge < -0.3 is 4.90 Å². The van der Waals surface area contributed by atoms with Crippen LogP contribution in [0.15, 0.2) is 18.2 Å². The fraction of sp³-hybridized carbons (Fsp3) is 0.625. The first-order valence-corrected chi connectivity index (χ1v) is 8.00. The molecule has 106 valence electrons. The maximum Gasteiger partial charge on any atom is 0.0595 e. The van der Waals surface area contributed by atoms with Crippen molar-refractivity contribution in [3.05, 3.63) is 33.8 Å². The van der Waals surface area contributed by atoms with E-state index in [4.69, 9.17) is 23.2 Å². The van der Waals surface area contributed by atoms with E-state index in [0.29, 0.717) is 16.1 Å². The third-order valence-corrected chi connectivity index (χ3v) is 5.02. The minimum absolute atomic E-state index is 0.642. The van der Waals surface area contributed by atoms with Crippen molar-refractivity contribution in [2.75, 3.05) is 13.1 Å². The highest BCUT2D eigenvalue weighted by Gasteiger charge is 2.19. The SMILES string of the molecule is CC1CCN(C(C)CCc2ccc(Cl)c(Cl)c2)CC1. The Morgan fingerprint density at radius 1 is 1.21 bits per heavy atom. The molecule has 1 atom stereocenters. The molecule has 0 bridgehead atoms. The third kappa shape index (κ3) is 4.37. The Kier molecular flexibility index (Phi) is 5.56. The van der Waals surface area contributed by atoms with Crippen LogP contribution < -0.4 is 0 Å². The lowest BCUT2D eigenvalue weighted by atomic mass is 9.96. The number of rotatable bonds is 4. The standard InChI is InChI=1S/C16H23Cl2N/c1-12-7-9-19(10-8-12)13(2)3-4-14-5-6-15(17)16(18)11-14/h5-6,11-13H,3-4,7-10H2,1-2H3. The highest BCUT2D eigenvalue weighted by atomic mass is 35.5. The summed E-state index contributed by atoms with van der Waals surface area (Å²) in [5, 5.41) is 1.31. The fourth-order valence-corrected chi connectivity index (χ4v) is 3.04. The smallest absolute Gasteiger partial charge is 0.0595 e. The van der Waals surface area contributed by atoms with Crippen molar-refractivity contribution in [3.8, 4) is 0 Å². The summed E-state index contributed by atoms with van der Waals surface area (Å²) in [5.41, 5.74) is 1.28. The van der Waals surface area contributed by atoms with Crippen LogP contribution in [0, 0.1) is 5.92 Å². The zero-order valence-corrected chi connectivity index (χ0v) is 13.3. The summed E-state index contributed by atoms with van der Waals surface area (Å²) in [6, 6.07) is 6.63. The average Bonchev–Trinajstić information content (AvgIpc) is 2.40. The van der Waals surface area contributed by atoms with E-state index in [-0.39, 0.29) is 0 Å². The van der Waals surface area contributed by atoms with E-state index in [2.05, 4.69) is 24.8 Å². The van der Waals surface area contributed by atoms with Crippen LogP contribution in [0.4, 0.5) is 0 Å². The van der Waals surface area contributed by atoms with E-state index in [0.717, 1.165) is 12.3 Å². The van der Waals surface area contributed by atoms with Crippen LogP contribution in [0.3, 0.4) is 0 Å². The molecule has 0 aromatic heterocycles. The number of piperidine rings is 1. The Morgan fingerprint density at radius 3 is 2.53 bits per heavy atom. The highest BCUT2D eigenvalue weighted by molar-refractivity contribution is 6.42. The molecule has 1 aromatic carbocycles. The first kappa shape index (κ1) is 15.2. The van der Waals surface area contributed by atoms with Crippen molar-refractivity contribution in [2.24, 2.45) is 5.92 Å². The second kappa shape index (κ2) is 6.97. The van der Waals surface area contributed by atoms with Gasteiger partial charge in [-0.1, -0.05) is 36.2 Å². The molecule has 0 saturated carbocycles. The van der Waals surface area contributed by atoms with E-state index in [1.54, 1.807) is 0 Å². The Hall–Kier alpha value is -0.240. The van der Waals surface area contributed by atoms with Gasteiger partial charge in [-0.15, -0.1) is 0 Å². The number of nitrogens with zero attached hydrogens (tertiary/aromatic N) is 1. The molecule has 0 aliphatic carbocycles. The van der Waals surface area contributed by atoms with Crippen LogP contribution in [0.25, 0.3) is 0 Å². The van der Waals surface area contributed by atoms with Crippen LogP contribution >= 0.6 is 23.2 Å². The quantitative estimate of drug-likeness (QED) is 0.752. The second-order valence-electron chi connectivity index (χ2n) is 5.85. The molecule has 2 rings (SSSR count). The molecule has 19 heavy (non-hydrogen) atoms. The molecule has 0 radical (unpaired) electrons. The van der Waals surface area contributed by atoms with Crippen molar-refractivity contribution in [3.63, 3.8) is 0 Å². The predicted molar refractivity (Wildman–Crippen MR) is 84.2 cm³/mol. The van der Waals surface area contributed by atoms with Gasteiger partial charge in [0.2, 0.25) is 0 Å². The summed E-state index contributed by atoms with van der Waals surface area (Å²) < 4.78 is 0. The van der Waals surface area contributed by atoms with Crippen molar-refractivity contribution in [1.29, 1.82) is 0 Å². The molecule has 0 N–H and O–H groups in total. The molecule has 1 fully saturated rings. The first-order valence-electron chi connectivity index (χ1n) is 7.24. The Balaban J connectivity index is 1.82. The highest BCUT2D eigenvalue weighted by Crippen LogP contribution is 2.24.